The zero-order chi connectivity index (χ0) is 12.0. The Morgan fingerprint density at radius 3 is 2.25 bits per heavy atom. The Morgan fingerprint density at radius 1 is 1.19 bits per heavy atom. The molecule has 0 aliphatic carbocycles. The van der Waals surface area contributed by atoms with Crippen LogP contribution in [0.4, 0.5) is 0 Å². The van der Waals surface area contributed by atoms with Gasteiger partial charge in [-0.1, -0.05) is 30.8 Å². The molecule has 0 saturated carbocycles. The van der Waals surface area contributed by atoms with Crippen LogP contribution in [-0.4, -0.2) is 17.5 Å². The Balaban J connectivity index is 2.59. The fraction of sp³-hybridized carbons (Fsp3) is 0.357. The maximum atomic E-state index is 11.1. The van der Waals surface area contributed by atoms with E-state index in [1.165, 1.54) is 0 Å². The lowest BCUT2D eigenvalue weighted by atomic mass is 10.00. The zero-order valence-corrected chi connectivity index (χ0v) is 9.70. The summed E-state index contributed by atoms with van der Waals surface area (Å²) in [7, 11) is 0. The van der Waals surface area contributed by atoms with Gasteiger partial charge < -0.3 is 5.11 Å². The van der Waals surface area contributed by atoms with Gasteiger partial charge in [0, 0.05) is 12.2 Å². The van der Waals surface area contributed by atoms with Crippen LogP contribution in [0.2, 0.25) is 0 Å². The number of unbranched alkanes of at least 4 members (excludes halogenated alkanes) is 1. The van der Waals surface area contributed by atoms with Crippen LogP contribution < -0.4 is 0 Å². The molecule has 16 heavy (non-hydrogen) atoms. The molecular formula is C14H18O2. The molecule has 0 aliphatic heterocycles. The molecule has 0 radical (unpaired) electrons. The lowest BCUT2D eigenvalue weighted by molar-refractivity contribution is 0.101. The van der Waals surface area contributed by atoms with Gasteiger partial charge in [0.1, 0.15) is 0 Å². The number of Topliss-reactive ketones (excluding diaryl/α,β-unsaturated/α-hetero) is 1. The Hall–Kier alpha value is -1.41. The highest BCUT2D eigenvalue weighted by Crippen LogP contribution is 2.19. The summed E-state index contributed by atoms with van der Waals surface area (Å²) in [5.74, 6) is 0.0810. The molecule has 1 aromatic rings. The molecule has 0 bridgehead atoms. The van der Waals surface area contributed by atoms with Gasteiger partial charge in [-0.2, -0.15) is 0 Å². The van der Waals surface area contributed by atoms with E-state index in [9.17, 15) is 4.79 Å². The topological polar surface area (TPSA) is 37.3 Å². The van der Waals surface area contributed by atoms with Crippen molar-refractivity contribution in [3.05, 3.63) is 42.0 Å². The largest absolute Gasteiger partial charge is 0.396 e. The van der Waals surface area contributed by atoms with E-state index in [0.29, 0.717) is 0 Å². The van der Waals surface area contributed by atoms with Crippen LogP contribution in [-0.2, 0) is 0 Å². The molecule has 0 unspecified atom stereocenters. The Labute approximate surface area is 96.6 Å². The minimum Gasteiger partial charge on any atom is -0.396 e. The van der Waals surface area contributed by atoms with E-state index in [0.717, 1.165) is 36.0 Å². The molecule has 1 aromatic carbocycles. The van der Waals surface area contributed by atoms with Gasteiger partial charge in [-0.3, -0.25) is 4.79 Å². The van der Waals surface area contributed by atoms with Gasteiger partial charge in [-0.25, -0.2) is 0 Å². The number of ketones is 1. The molecule has 0 fully saturated rings. The van der Waals surface area contributed by atoms with Crippen molar-refractivity contribution < 1.29 is 9.90 Å². The number of benzene rings is 1. The maximum absolute atomic E-state index is 11.1. The monoisotopic (exact) mass is 218 g/mol. The van der Waals surface area contributed by atoms with Gasteiger partial charge in [0.05, 0.1) is 0 Å². The second-order valence-corrected chi connectivity index (χ2v) is 3.92. The van der Waals surface area contributed by atoms with Gasteiger partial charge in [0.15, 0.2) is 5.78 Å². The number of aliphatic hydroxyl groups is 1. The number of hydrogen-bond acceptors (Lipinski definition) is 2. The van der Waals surface area contributed by atoms with Crippen molar-refractivity contribution in [1.29, 1.82) is 0 Å². The summed E-state index contributed by atoms with van der Waals surface area (Å²) in [6.45, 7) is 5.80. The second-order valence-electron chi connectivity index (χ2n) is 3.92. The van der Waals surface area contributed by atoms with E-state index in [2.05, 4.69) is 6.58 Å². The molecule has 0 amide bonds. The molecule has 2 heteroatoms. The molecule has 2 nitrogen and oxygen atoms in total. The minimum atomic E-state index is 0.0810. The van der Waals surface area contributed by atoms with E-state index in [-0.39, 0.29) is 12.4 Å². The summed E-state index contributed by atoms with van der Waals surface area (Å²) in [4.78, 5) is 11.1. The van der Waals surface area contributed by atoms with E-state index >= 15 is 0 Å². The summed E-state index contributed by atoms with van der Waals surface area (Å²) in [5.41, 5.74) is 2.86. The highest BCUT2D eigenvalue weighted by atomic mass is 16.2. The number of aliphatic hydroxyl groups excluding tert-OH is 1. The van der Waals surface area contributed by atoms with Crippen LogP contribution in [0.25, 0.3) is 5.57 Å². The summed E-state index contributed by atoms with van der Waals surface area (Å²) < 4.78 is 0. The molecular weight excluding hydrogens is 200 g/mol. The second kappa shape index (κ2) is 6.23. The first kappa shape index (κ1) is 12.7. The molecule has 86 valence electrons. The van der Waals surface area contributed by atoms with Crippen molar-refractivity contribution >= 4 is 11.4 Å². The third-order valence-corrected chi connectivity index (χ3v) is 2.59. The molecule has 0 saturated heterocycles. The third-order valence-electron chi connectivity index (χ3n) is 2.59. The molecule has 1 rings (SSSR count). The number of carbonyl (C=O) groups is 1. The average Bonchev–Trinajstić information content (AvgIpc) is 2.29. The van der Waals surface area contributed by atoms with Crippen molar-refractivity contribution in [2.75, 3.05) is 6.61 Å². The smallest absolute Gasteiger partial charge is 0.159 e. The van der Waals surface area contributed by atoms with Gasteiger partial charge in [0.25, 0.3) is 0 Å². The molecule has 0 aliphatic rings. The highest BCUT2D eigenvalue weighted by Gasteiger charge is 2.01. The normalized spacial score (nSPS) is 10.1. The summed E-state index contributed by atoms with van der Waals surface area (Å²) in [5, 5.41) is 8.68. The van der Waals surface area contributed by atoms with Gasteiger partial charge >= 0.3 is 0 Å². The van der Waals surface area contributed by atoms with Crippen LogP contribution in [0.15, 0.2) is 30.8 Å². The zero-order valence-electron chi connectivity index (χ0n) is 9.70. The predicted molar refractivity (Wildman–Crippen MR) is 66.4 cm³/mol. The number of rotatable bonds is 6. The summed E-state index contributed by atoms with van der Waals surface area (Å²) in [6.07, 6.45) is 2.65. The van der Waals surface area contributed by atoms with Gasteiger partial charge in [-0.05, 0) is 37.3 Å². The predicted octanol–water partition coefficient (Wildman–Crippen LogP) is 3.07. The Morgan fingerprint density at radius 2 is 1.75 bits per heavy atom. The Bertz CT molecular complexity index is 363. The van der Waals surface area contributed by atoms with Crippen LogP contribution in [0.1, 0.15) is 42.1 Å². The van der Waals surface area contributed by atoms with E-state index in [1.54, 1.807) is 6.92 Å². The highest BCUT2D eigenvalue weighted by molar-refractivity contribution is 5.94. The van der Waals surface area contributed by atoms with Crippen molar-refractivity contribution in [3.63, 3.8) is 0 Å². The third kappa shape index (κ3) is 3.63. The first-order valence-electron chi connectivity index (χ1n) is 5.55. The fourth-order valence-corrected chi connectivity index (χ4v) is 1.54. The van der Waals surface area contributed by atoms with Crippen molar-refractivity contribution in [2.45, 2.75) is 26.2 Å². The molecule has 0 aromatic heterocycles. The lowest BCUT2D eigenvalue weighted by Gasteiger charge is -2.06. The first-order valence-corrected chi connectivity index (χ1v) is 5.55. The quantitative estimate of drug-likeness (QED) is 0.588. The summed E-state index contributed by atoms with van der Waals surface area (Å²) in [6, 6.07) is 7.51. The summed E-state index contributed by atoms with van der Waals surface area (Å²) >= 11 is 0. The lowest BCUT2D eigenvalue weighted by Crippen LogP contribution is -1.92. The molecule has 0 heterocycles. The van der Waals surface area contributed by atoms with Crippen LogP contribution in [0.3, 0.4) is 0 Å². The van der Waals surface area contributed by atoms with E-state index in [1.807, 2.05) is 24.3 Å². The van der Waals surface area contributed by atoms with Gasteiger partial charge in [-0.15, -0.1) is 0 Å². The average molecular weight is 218 g/mol. The van der Waals surface area contributed by atoms with Crippen molar-refractivity contribution in [3.8, 4) is 0 Å². The Kier molecular flexibility index (Phi) is 4.93. The van der Waals surface area contributed by atoms with Crippen LogP contribution >= 0.6 is 0 Å². The van der Waals surface area contributed by atoms with Crippen LogP contribution in [0, 0.1) is 0 Å². The SMILES string of the molecule is C=C(CCCCO)c1ccc(C(C)=O)cc1. The van der Waals surface area contributed by atoms with E-state index < -0.39 is 0 Å². The molecule has 0 atom stereocenters. The number of carbonyl (C=O) groups excluding carboxylic acids is 1. The van der Waals surface area contributed by atoms with Crippen LogP contribution in [0.5, 0.6) is 0 Å². The van der Waals surface area contributed by atoms with Crippen molar-refractivity contribution in [2.24, 2.45) is 0 Å². The minimum absolute atomic E-state index is 0.0810. The maximum Gasteiger partial charge on any atom is 0.159 e. The standard InChI is InChI=1S/C14H18O2/c1-11(5-3-4-10-15)13-6-8-14(9-7-13)12(2)16/h6-9,15H,1,3-5,10H2,2H3. The van der Waals surface area contributed by atoms with Crippen molar-refractivity contribution in [1.82, 2.24) is 0 Å². The van der Waals surface area contributed by atoms with E-state index in [4.69, 9.17) is 5.11 Å². The van der Waals surface area contributed by atoms with Gasteiger partial charge in [0.2, 0.25) is 0 Å². The number of hydrogen-bond donors (Lipinski definition) is 1. The number of allylic oxidation sites excluding steroid dienone is 1. The first-order chi connectivity index (χ1) is 7.65. The molecule has 0 spiro atoms. The molecule has 1 N–H and O–H groups in total. The fourth-order valence-electron chi connectivity index (χ4n) is 1.54.